The highest BCUT2D eigenvalue weighted by Crippen LogP contribution is 2.32. The molecule has 2 rings (SSSR count). The quantitative estimate of drug-likeness (QED) is 0.837. The molecule has 3 N–H and O–H groups in total. The van der Waals surface area contributed by atoms with Crippen molar-refractivity contribution in [2.75, 3.05) is 13.6 Å². The van der Waals surface area contributed by atoms with Gasteiger partial charge >= 0.3 is 0 Å². The van der Waals surface area contributed by atoms with Gasteiger partial charge in [0.15, 0.2) is 0 Å². The van der Waals surface area contributed by atoms with Gasteiger partial charge in [-0.3, -0.25) is 0 Å². The van der Waals surface area contributed by atoms with Crippen LogP contribution in [0.15, 0.2) is 24.3 Å². The molecule has 2 nitrogen and oxygen atoms in total. The van der Waals surface area contributed by atoms with Gasteiger partial charge in [0.25, 0.3) is 0 Å². The first-order chi connectivity index (χ1) is 8.31. The summed E-state index contributed by atoms with van der Waals surface area (Å²) in [4.78, 5) is 0. The van der Waals surface area contributed by atoms with Crippen molar-refractivity contribution in [1.29, 1.82) is 0 Å². The molecule has 94 valence electrons. The molecule has 1 fully saturated rings. The maximum atomic E-state index is 6.07. The van der Waals surface area contributed by atoms with E-state index >= 15 is 0 Å². The highest BCUT2D eigenvalue weighted by molar-refractivity contribution is 5.27. The van der Waals surface area contributed by atoms with E-state index < -0.39 is 0 Å². The zero-order chi connectivity index (χ0) is 12.1. The summed E-state index contributed by atoms with van der Waals surface area (Å²) >= 11 is 0. The maximum Gasteiger partial charge on any atom is 0.0421 e. The minimum Gasteiger partial charge on any atom is -0.323 e. The molecule has 1 unspecified atom stereocenters. The van der Waals surface area contributed by atoms with E-state index in [1.54, 1.807) is 0 Å². The van der Waals surface area contributed by atoms with Crippen molar-refractivity contribution in [3.63, 3.8) is 0 Å². The number of hydrogen-bond donors (Lipinski definition) is 2. The van der Waals surface area contributed by atoms with Crippen LogP contribution in [0, 0.1) is 0 Å². The zero-order valence-corrected chi connectivity index (χ0v) is 10.8. The summed E-state index contributed by atoms with van der Waals surface area (Å²) in [5, 5.41) is 3.12. The fraction of sp³-hybridized carbons (Fsp3) is 0.600. The van der Waals surface area contributed by atoms with Crippen molar-refractivity contribution in [3.05, 3.63) is 35.4 Å². The molecule has 0 heterocycles. The van der Waals surface area contributed by atoms with Gasteiger partial charge in [-0.25, -0.2) is 0 Å². The second-order valence-corrected chi connectivity index (χ2v) is 5.17. The molecule has 1 aliphatic rings. The van der Waals surface area contributed by atoms with Crippen LogP contribution in [0.2, 0.25) is 0 Å². The first-order valence-electron chi connectivity index (χ1n) is 6.81. The number of benzene rings is 1. The molecule has 1 saturated carbocycles. The van der Waals surface area contributed by atoms with Crippen molar-refractivity contribution >= 4 is 0 Å². The van der Waals surface area contributed by atoms with E-state index in [-0.39, 0.29) is 6.04 Å². The van der Waals surface area contributed by atoms with Crippen LogP contribution >= 0.6 is 0 Å². The lowest BCUT2D eigenvalue weighted by atomic mass is 9.84. The fourth-order valence-electron chi connectivity index (χ4n) is 2.79. The van der Waals surface area contributed by atoms with Crippen LogP contribution in [0.5, 0.6) is 0 Å². The molecule has 0 saturated heterocycles. The van der Waals surface area contributed by atoms with Gasteiger partial charge in [0.1, 0.15) is 0 Å². The highest BCUT2D eigenvalue weighted by Gasteiger charge is 2.15. The van der Waals surface area contributed by atoms with Gasteiger partial charge in [-0.15, -0.1) is 0 Å². The summed E-state index contributed by atoms with van der Waals surface area (Å²) in [6.45, 7) is 0.836. The molecule has 1 aromatic carbocycles. The Morgan fingerprint density at radius 3 is 2.41 bits per heavy atom. The van der Waals surface area contributed by atoms with Gasteiger partial charge in [-0.2, -0.15) is 0 Å². The summed E-state index contributed by atoms with van der Waals surface area (Å²) in [5.41, 5.74) is 8.81. The predicted molar refractivity (Wildman–Crippen MR) is 73.1 cm³/mol. The molecule has 1 aliphatic carbocycles. The lowest BCUT2D eigenvalue weighted by molar-refractivity contribution is 0.443. The first-order valence-corrected chi connectivity index (χ1v) is 6.81. The van der Waals surface area contributed by atoms with E-state index in [9.17, 15) is 0 Å². The summed E-state index contributed by atoms with van der Waals surface area (Å²) in [5.74, 6) is 0.790. The van der Waals surface area contributed by atoms with Crippen LogP contribution in [0.4, 0.5) is 0 Å². The second-order valence-electron chi connectivity index (χ2n) is 5.17. The molecule has 2 heteroatoms. The molecule has 0 amide bonds. The van der Waals surface area contributed by atoms with Gasteiger partial charge < -0.3 is 11.1 Å². The Morgan fingerprint density at radius 1 is 1.18 bits per heavy atom. The molecule has 0 bridgehead atoms. The number of likely N-dealkylation sites (N-methyl/N-ethyl adjacent to an activating group) is 1. The fourth-order valence-corrected chi connectivity index (χ4v) is 2.79. The third-order valence-electron chi connectivity index (χ3n) is 3.87. The summed E-state index contributed by atoms with van der Waals surface area (Å²) in [7, 11) is 1.94. The standard InChI is InChI=1S/C15H24N2/c1-17-11-15(16)14-9-7-13(8-10-14)12-5-3-2-4-6-12/h7-10,12,15,17H,2-6,11,16H2,1H3. The van der Waals surface area contributed by atoms with Crippen LogP contribution in [0.25, 0.3) is 0 Å². The van der Waals surface area contributed by atoms with E-state index in [1.807, 2.05) is 7.05 Å². The molecule has 0 aliphatic heterocycles. The minimum atomic E-state index is 0.111. The average Bonchev–Trinajstić information content (AvgIpc) is 2.40. The van der Waals surface area contributed by atoms with Gasteiger partial charge in [0, 0.05) is 12.6 Å². The van der Waals surface area contributed by atoms with Crippen molar-refractivity contribution in [3.8, 4) is 0 Å². The van der Waals surface area contributed by atoms with Crippen molar-refractivity contribution in [2.45, 2.75) is 44.1 Å². The summed E-state index contributed by atoms with van der Waals surface area (Å²) < 4.78 is 0. The Hall–Kier alpha value is -0.860. The Balaban J connectivity index is 2.01. The number of nitrogens with one attached hydrogen (secondary N) is 1. The predicted octanol–water partition coefficient (Wildman–Crippen LogP) is 2.95. The molecular weight excluding hydrogens is 208 g/mol. The Labute approximate surface area is 105 Å². The van der Waals surface area contributed by atoms with E-state index in [4.69, 9.17) is 5.73 Å². The highest BCUT2D eigenvalue weighted by atomic mass is 14.9. The lowest BCUT2D eigenvalue weighted by Crippen LogP contribution is -2.23. The molecule has 0 spiro atoms. The maximum absolute atomic E-state index is 6.07. The van der Waals surface area contributed by atoms with Crippen LogP contribution in [0.3, 0.4) is 0 Å². The van der Waals surface area contributed by atoms with Crippen LogP contribution in [-0.4, -0.2) is 13.6 Å². The third-order valence-corrected chi connectivity index (χ3v) is 3.87. The molecule has 0 aromatic heterocycles. The summed E-state index contributed by atoms with van der Waals surface area (Å²) in [6.07, 6.45) is 6.93. The third kappa shape index (κ3) is 3.30. The second kappa shape index (κ2) is 6.18. The molecule has 17 heavy (non-hydrogen) atoms. The van der Waals surface area contributed by atoms with Crippen LogP contribution < -0.4 is 11.1 Å². The molecular formula is C15H24N2. The van der Waals surface area contributed by atoms with Crippen molar-refractivity contribution < 1.29 is 0 Å². The Morgan fingerprint density at radius 2 is 1.82 bits per heavy atom. The smallest absolute Gasteiger partial charge is 0.0421 e. The van der Waals surface area contributed by atoms with E-state index in [0.29, 0.717) is 0 Å². The average molecular weight is 232 g/mol. The van der Waals surface area contributed by atoms with Crippen LogP contribution in [-0.2, 0) is 0 Å². The largest absolute Gasteiger partial charge is 0.323 e. The Bertz CT molecular complexity index is 325. The van der Waals surface area contributed by atoms with Crippen molar-refractivity contribution in [2.24, 2.45) is 5.73 Å². The SMILES string of the molecule is CNCC(N)c1ccc(C2CCCCC2)cc1. The van der Waals surface area contributed by atoms with E-state index in [2.05, 4.69) is 29.6 Å². The first kappa shape index (κ1) is 12.6. The normalized spacial score (nSPS) is 19.2. The number of rotatable bonds is 4. The number of nitrogens with two attached hydrogens (primary N) is 1. The molecule has 0 radical (unpaired) electrons. The molecule has 1 aromatic rings. The number of hydrogen-bond acceptors (Lipinski definition) is 2. The van der Waals surface area contributed by atoms with E-state index in [1.165, 1.54) is 43.2 Å². The van der Waals surface area contributed by atoms with Gasteiger partial charge in [-0.05, 0) is 36.9 Å². The van der Waals surface area contributed by atoms with E-state index in [0.717, 1.165) is 12.5 Å². The van der Waals surface area contributed by atoms with Crippen molar-refractivity contribution in [1.82, 2.24) is 5.32 Å². The minimum absolute atomic E-state index is 0.111. The topological polar surface area (TPSA) is 38.0 Å². The Kier molecular flexibility index (Phi) is 4.57. The monoisotopic (exact) mass is 232 g/mol. The molecule has 1 atom stereocenters. The van der Waals surface area contributed by atoms with Crippen LogP contribution in [0.1, 0.15) is 55.2 Å². The lowest BCUT2D eigenvalue weighted by Gasteiger charge is -2.22. The summed E-state index contributed by atoms with van der Waals surface area (Å²) in [6, 6.07) is 9.07. The zero-order valence-electron chi connectivity index (χ0n) is 10.8. The van der Waals surface area contributed by atoms with Gasteiger partial charge in [-0.1, -0.05) is 43.5 Å². The van der Waals surface area contributed by atoms with Gasteiger partial charge in [0.2, 0.25) is 0 Å². The van der Waals surface area contributed by atoms with Gasteiger partial charge in [0.05, 0.1) is 0 Å².